The second-order valence-electron chi connectivity index (χ2n) is 3.34. The second-order valence-corrected chi connectivity index (χ2v) is 3.74. The van der Waals surface area contributed by atoms with Crippen LogP contribution in [0.4, 0.5) is 5.69 Å². The maximum atomic E-state index is 11.3. The summed E-state index contributed by atoms with van der Waals surface area (Å²) in [7, 11) is 0. The number of carbonyl (C=O) groups is 1. The summed E-state index contributed by atoms with van der Waals surface area (Å²) in [6.45, 7) is -0.0270. The van der Waals surface area contributed by atoms with Crippen LogP contribution >= 0.6 is 11.6 Å². The molecule has 1 amide bonds. The van der Waals surface area contributed by atoms with E-state index in [9.17, 15) is 4.79 Å². The zero-order chi connectivity index (χ0) is 10.1. The summed E-state index contributed by atoms with van der Waals surface area (Å²) in [4.78, 5) is 11.3. The summed E-state index contributed by atoms with van der Waals surface area (Å²) in [5.74, 6) is -0.220. The second kappa shape index (κ2) is 3.59. The Balaban J connectivity index is 2.50. The molecular formula is C10H10ClNO2. The van der Waals surface area contributed by atoms with Gasteiger partial charge in [-0.1, -0.05) is 23.7 Å². The minimum absolute atomic E-state index is 0.0270. The predicted molar refractivity (Wildman–Crippen MR) is 54.5 cm³/mol. The molecule has 0 radical (unpaired) electrons. The van der Waals surface area contributed by atoms with E-state index in [-0.39, 0.29) is 18.4 Å². The van der Waals surface area contributed by atoms with Crippen LogP contribution in [-0.2, 0) is 4.79 Å². The van der Waals surface area contributed by atoms with Crippen LogP contribution in [0.3, 0.4) is 0 Å². The Morgan fingerprint density at radius 1 is 1.57 bits per heavy atom. The number of halogens is 1. The number of aliphatic hydroxyl groups is 1. The Kier molecular flexibility index (Phi) is 2.44. The van der Waals surface area contributed by atoms with Gasteiger partial charge < -0.3 is 10.4 Å². The van der Waals surface area contributed by atoms with Crippen molar-refractivity contribution in [3.8, 4) is 0 Å². The molecule has 74 valence electrons. The highest BCUT2D eigenvalue weighted by molar-refractivity contribution is 6.34. The first kappa shape index (κ1) is 9.49. The van der Waals surface area contributed by atoms with Crippen molar-refractivity contribution < 1.29 is 9.90 Å². The number of rotatable bonds is 1. The maximum absolute atomic E-state index is 11.3. The molecule has 1 heterocycles. The lowest BCUT2D eigenvalue weighted by molar-refractivity contribution is -0.117. The number of hydrogen-bond donors (Lipinski definition) is 2. The van der Waals surface area contributed by atoms with Gasteiger partial charge in [-0.2, -0.15) is 0 Å². The van der Waals surface area contributed by atoms with Crippen molar-refractivity contribution in [3.63, 3.8) is 0 Å². The summed E-state index contributed by atoms with van der Waals surface area (Å²) >= 11 is 5.93. The van der Waals surface area contributed by atoms with Crippen molar-refractivity contribution in [2.45, 2.75) is 12.3 Å². The minimum Gasteiger partial charge on any atom is -0.396 e. The van der Waals surface area contributed by atoms with Gasteiger partial charge in [-0.05, 0) is 11.6 Å². The fourth-order valence-electron chi connectivity index (χ4n) is 1.70. The normalized spacial score (nSPS) is 20.1. The molecule has 1 aliphatic rings. The van der Waals surface area contributed by atoms with E-state index >= 15 is 0 Å². The number of para-hydroxylation sites is 1. The third-order valence-corrected chi connectivity index (χ3v) is 2.72. The van der Waals surface area contributed by atoms with Crippen LogP contribution in [0.2, 0.25) is 5.02 Å². The summed E-state index contributed by atoms with van der Waals surface area (Å²) in [5.41, 5.74) is 1.56. The molecule has 14 heavy (non-hydrogen) atoms. The SMILES string of the molecule is O=C1CC(CO)c2cccc(Cl)c2N1. The summed E-state index contributed by atoms with van der Waals surface area (Å²) in [5, 5.41) is 12.4. The molecule has 1 unspecified atom stereocenters. The number of hydrogen-bond acceptors (Lipinski definition) is 2. The van der Waals surface area contributed by atoms with E-state index in [4.69, 9.17) is 16.7 Å². The zero-order valence-electron chi connectivity index (χ0n) is 7.46. The van der Waals surface area contributed by atoms with Crippen molar-refractivity contribution in [3.05, 3.63) is 28.8 Å². The molecule has 1 aliphatic heterocycles. The first-order valence-electron chi connectivity index (χ1n) is 4.41. The van der Waals surface area contributed by atoms with Crippen LogP contribution in [0.15, 0.2) is 18.2 Å². The minimum atomic E-state index is -0.127. The van der Waals surface area contributed by atoms with Gasteiger partial charge >= 0.3 is 0 Å². The molecule has 4 heteroatoms. The highest BCUT2D eigenvalue weighted by Crippen LogP contribution is 2.36. The van der Waals surface area contributed by atoms with Crippen LogP contribution in [0, 0.1) is 0 Å². The van der Waals surface area contributed by atoms with Crippen molar-refractivity contribution in [1.29, 1.82) is 0 Å². The number of amides is 1. The van der Waals surface area contributed by atoms with Gasteiger partial charge in [-0.3, -0.25) is 4.79 Å². The standard InChI is InChI=1S/C10H10ClNO2/c11-8-3-1-2-7-6(5-13)4-9(14)12-10(7)8/h1-3,6,13H,4-5H2,(H,12,14). The fraction of sp³-hybridized carbons (Fsp3) is 0.300. The Labute approximate surface area is 86.7 Å². The van der Waals surface area contributed by atoms with Gasteiger partial charge in [0.25, 0.3) is 0 Å². The molecule has 3 nitrogen and oxygen atoms in total. The molecule has 0 fully saturated rings. The van der Waals surface area contributed by atoms with Crippen LogP contribution < -0.4 is 5.32 Å². The third kappa shape index (κ3) is 1.49. The largest absolute Gasteiger partial charge is 0.396 e. The van der Waals surface area contributed by atoms with Crippen LogP contribution in [-0.4, -0.2) is 17.6 Å². The van der Waals surface area contributed by atoms with E-state index < -0.39 is 0 Å². The topological polar surface area (TPSA) is 49.3 Å². The Bertz CT molecular complexity index is 378. The number of fused-ring (bicyclic) bond motifs is 1. The van der Waals surface area contributed by atoms with Crippen molar-refractivity contribution in [2.75, 3.05) is 11.9 Å². The van der Waals surface area contributed by atoms with Gasteiger partial charge in [0.1, 0.15) is 0 Å². The van der Waals surface area contributed by atoms with E-state index in [2.05, 4.69) is 5.32 Å². The van der Waals surface area contributed by atoms with Crippen molar-refractivity contribution in [2.24, 2.45) is 0 Å². The Hall–Kier alpha value is -1.06. The molecule has 1 aromatic carbocycles. The van der Waals surface area contributed by atoms with E-state index in [1.165, 1.54) is 0 Å². The molecular weight excluding hydrogens is 202 g/mol. The van der Waals surface area contributed by atoms with Gasteiger partial charge in [0, 0.05) is 12.3 Å². The molecule has 0 saturated carbocycles. The number of carbonyl (C=O) groups excluding carboxylic acids is 1. The fourth-order valence-corrected chi connectivity index (χ4v) is 1.93. The average Bonchev–Trinajstić information content (AvgIpc) is 2.18. The quantitative estimate of drug-likeness (QED) is 0.744. The lowest BCUT2D eigenvalue weighted by Gasteiger charge is -2.24. The molecule has 0 aliphatic carbocycles. The molecule has 0 aromatic heterocycles. The van der Waals surface area contributed by atoms with Gasteiger partial charge in [-0.15, -0.1) is 0 Å². The first-order valence-corrected chi connectivity index (χ1v) is 4.79. The highest BCUT2D eigenvalue weighted by Gasteiger charge is 2.25. The molecule has 1 atom stereocenters. The predicted octanol–water partition coefficient (Wildman–Crippen LogP) is 1.76. The van der Waals surface area contributed by atoms with Crippen LogP contribution in [0.1, 0.15) is 17.9 Å². The van der Waals surface area contributed by atoms with Crippen LogP contribution in [0.5, 0.6) is 0 Å². The monoisotopic (exact) mass is 211 g/mol. The molecule has 2 N–H and O–H groups in total. The third-order valence-electron chi connectivity index (χ3n) is 2.40. The van der Waals surface area contributed by atoms with E-state index in [0.717, 1.165) is 5.56 Å². The lowest BCUT2D eigenvalue weighted by Crippen LogP contribution is -2.24. The van der Waals surface area contributed by atoms with E-state index in [1.54, 1.807) is 6.07 Å². The number of nitrogens with one attached hydrogen (secondary N) is 1. The van der Waals surface area contributed by atoms with E-state index in [1.807, 2.05) is 12.1 Å². The zero-order valence-corrected chi connectivity index (χ0v) is 8.21. The molecule has 0 bridgehead atoms. The van der Waals surface area contributed by atoms with Gasteiger partial charge in [0.05, 0.1) is 17.3 Å². The molecule has 0 saturated heterocycles. The van der Waals surface area contributed by atoms with Gasteiger partial charge in [0.2, 0.25) is 5.91 Å². The number of anilines is 1. The van der Waals surface area contributed by atoms with Crippen LogP contribution in [0.25, 0.3) is 0 Å². The van der Waals surface area contributed by atoms with E-state index in [0.29, 0.717) is 17.1 Å². The molecule has 0 spiro atoms. The Morgan fingerprint density at radius 3 is 3.07 bits per heavy atom. The Morgan fingerprint density at radius 2 is 2.36 bits per heavy atom. The summed E-state index contributed by atoms with van der Waals surface area (Å²) in [6, 6.07) is 5.42. The van der Waals surface area contributed by atoms with Gasteiger partial charge in [-0.25, -0.2) is 0 Å². The smallest absolute Gasteiger partial charge is 0.225 e. The van der Waals surface area contributed by atoms with Crippen molar-refractivity contribution in [1.82, 2.24) is 0 Å². The lowest BCUT2D eigenvalue weighted by atomic mass is 9.91. The maximum Gasteiger partial charge on any atom is 0.225 e. The summed E-state index contributed by atoms with van der Waals surface area (Å²) < 4.78 is 0. The first-order chi connectivity index (χ1) is 6.72. The van der Waals surface area contributed by atoms with Crippen molar-refractivity contribution >= 4 is 23.2 Å². The summed E-state index contributed by atoms with van der Waals surface area (Å²) in [6.07, 6.45) is 0.323. The number of benzene rings is 1. The number of aliphatic hydroxyl groups excluding tert-OH is 1. The molecule has 2 rings (SSSR count). The molecule has 1 aromatic rings. The highest BCUT2D eigenvalue weighted by atomic mass is 35.5. The van der Waals surface area contributed by atoms with Gasteiger partial charge in [0.15, 0.2) is 0 Å². The average molecular weight is 212 g/mol.